The van der Waals surface area contributed by atoms with Crippen LogP contribution in [0.25, 0.3) is 0 Å². The molecule has 0 saturated carbocycles. The van der Waals surface area contributed by atoms with Crippen molar-refractivity contribution in [3.05, 3.63) is 0 Å². The van der Waals surface area contributed by atoms with Gasteiger partial charge in [0.2, 0.25) is 47.3 Å². The van der Waals surface area contributed by atoms with E-state index in [1.165, 1.54) is 6.92 Å². The van der Waals surface area contributed by atoms with Crippen molar-refractivity contribution in [3.63, 3.8) is 0 Å². The molecule has 33 nitrogen and oxygen atoms in total. The number of rotatable bonds is 43. The molecule has 10 atom stereocenters. The summed E-state index contributed by atoms with van der Waals surface area (Å²) in [5.74, 6) is -9.72. The smallest absolute Gasteiger partial charge is 0.326 e. The maximum Gasteiger partial charge on any atom is 0.326 e. The summed E-state index contributed by atoms with van der Waals surface area (Å²) in [7, 11) is 0. The average molecular weight is 1200 g/mol. The zero-order chi connectivity index (χ0) is 64.2. The van der Waals surface area contributed by atoms with Crippen molar-refractivity contribution in [3.8, 4) is 0 Å². The van der Waals surface area contributed by atoms with Crippen molar-refractivity contribution in [1.82, 2.24) is 42.5 Å². The minimum atomic E-state index is -1.80. The van der Waals surface area contributed by atoms with Crippen LogP contribution in [0.1, 0.15) is 132 Å². The summed E-state index contributed by atoms with van der Waals surface area (Å²) in [6.45, 7) is 12.2. The van der Waals surface area contributed by atoms with E-state index in [1.807, 2.05) is 0 Å². The molecular weight excluding hydrogens is 1100 g/mol. The van der Waals surface area contributed by atoms with Gasteiger partial charge in [-0.15, -0.1) is 0 Å². The van der Waals surface area contributed by atoms with Gasteiger partial charge < -0.3 is 110 Å². The molecule has 0 spiro atoms. The van der Waals surface area contributed by atoms with Gasteiger partial charge in [0, 0.05) is 26.2 Å². The molecule has 0 aliphatic rings. The van der Waals surface area contributed by atoms with Crippen LogP contribution in [0.3, 0.4) is 0 Å². The highest BCUT2D eigenvalue weighted by molar-refractivity contribution is 5.98. The number of aliphatic hydroxyl groups is 1. The van der Waals surface area contributed by atoms with Crippen LogP contribution in [-0.4, -0.2) is 180 Å². The number of nitrogens with two attached hydrogens (primary N) is 10. The molecule has 0 aliphatic heterocycles. The van der Waals surface area contributed by atoms with E-state index in [0.717, 1.165) is 0 Å². The molecule has 0 heterocycles. The maximum atomic E-state index is 14.3. The molecule has 0 rings (SSSR count). The van der Waals surface area contributed by atoms with Gasteiger partial charge in [0.25, 0.3) is 0 Å². The van der Waals surface area contributed by atoms with Gasteiger partial charge in [-0.05, 0) is 115 Å². The Morgan fingerprint density at radius 1 is 0.381 bits per heavy atom. The third-order valence-electron chi connectivity index (χ3n) is 12.6. The summed E-state index contributed by atoms with van der Waals surface area (Å²) in [4.78, 5) is 140. The van der Waals surface area contributed by atoms with E-state index in [0.29, 0.717) is 12.8 Å². The molecule has 84 heavy (non-hydrogen) atoms. The van der Waals surface area contributed by atoms with Gasteiger partial charge in [0.15, 0.2) is 23.8 Å². The number of guanidine groups is 4. The Bertz CT molecular complexity index is 2210. The Kier molecular flexibility index (Phi) is 37.4. The van der Waals surface area contributed by atoms with Crippen LogP contribution in [0.15, 0.2) is 20.0 Å². The Morgan fingerprint density at radius 2 is 0.655 bits per heavy atom. The molecule has 480 valence electrons. The Balaban J connectivity index is 7.07. The molecule has 33 heteroatoms. The predicted octanol–water partition coefficient (Wildman–Crippen LogP) is -6.25. The van der Waals surface area contributed by atoms with Crippen molar-refractivity contribution < 1.29 is 53.4 Å². The first-order chi connectivity index (χ1) is 39.3. The zero-order valence-electron chi connectivity index (χ0n) is 49.9. The van der Waals surface area contributed by atoms with Crippen LogP contribution < -0.4 is 99.9 Å². The number of aliphatic imine (C=N–C) groups is 4. The molecule has 0 fully saturated rings. The molecule has 0 aromatic carbocycles. The van der Waals surface area contributed by atoms with Gasteiger partial charge in [-0.1, -0.05) is 41.5 Å². The fraction of sp³-hybridized carbons (Fsp3) is 0.745. The first-order valence-corrected chi connectivity index (χ1v) is 28.3. The van der Waals surface area contributed by atoms with E-state index in [-0.39, 0.29) is 145 Å². The van der Waals surface area contributed by atoms with E-state index >= 15 is 0 Å². The molecule has 30 N–H and O–H groups in total. The van der Waals surface area contributed by atoms with Gasteiger partial charge >= 0.3 is 5.97 Å². The second-order valence-electron chi connectivity index (χ2n) is 21.6. The summed E-state index contributed by atoms with van der Waals surface area (Å²) >= 11 is 0. The summed E-state index contributed by atoms with van der Waals surface area (Å²) in [6, 6.07) is -12.2. The lowest BCUT2D eigenvalue weighted by atomic mass is 9.99. The normalized spacial score (nSPS) is 14.7. The SMILES string of the molecule is CC(C)C[C@H](NC(=O)[C@H](CC(C)C)NC(=O)[C@H](CCCN=C(N)N)NC(=O)[C@@H](NC(=O)[C@H](CCCN=C(N)N)NC(=O)[C@H](CCCCN)NC(=O)[C@H](CCCN=C(N)N)NC(=O)[C@@H](N)C(C)C)C(C)O)C(=O)N[C@@H](CCCN=C(N)N)C(=O)O. The Labute approximate surface area is 491 Å². The molecular formula is C51H100N22O11. The third-order valence-corrected chi connectivity index (χ3v) is 12.6. The number of aliphatic hydroxyl groups excluding tert-OH is 1. The van der Waals surface area contributed by atoms with Crippen LogP contribution >= 0.6 is 0 Å². The van der Waals surface area contributed by atoms with E-state index < -0.39 is 114 Å². The summed E-state index contributed by atoms with van der Waals surface area (Å²) in [5.41, 5.74) is 55.6. The van der Waals surface area contributed by atoms with Crippen LogP contribution in [0.5, 0.6) is 0 Å². The van der Waals surface area contributed by atoms with E-state index in [9.17, 15) is 53.4 Å². The second kappa shape index (κ2) is 41.2. The number of carboxylic acids is 1. The van der Waals surface area contributed by atoms with Gasteiger partial charge in [-0.2, -0.15) is 0 Å². The number of aliphatic carboxylic acids is 1. The Hall–Kier alpha value is -7.81. The summed E-state index contributed by atoms with van der Waals surface area (Å²) < 4.78 is 0. The molecule has 1 unspecified atom stereocenters. The molecule has 0 aromatic heterocycles. The van der Waals surface area contributed by atoms with Crippen molar-refractivity contribution in [2.45, 2.75) is 192 Å². The van der Waals surface area contributed by atoms with Crippen molar-refractivity contribution >= 4 is 77.1 Å². The van der Waals surface area contributed by atoms with Gasteiger partial charge in [-0.25, -0.2) is 4.79 Å². The molecule has 0 saturated heterocycles. The minimum Gasteiger partial charge on any atom is -0.480 e. The fourth-order valence-corrected chi connectivity index (χ4v) is 8.10. The lowest BCUT2D eigenvalue weighted by Crippen LogP contribution is -2.62. The number of nitrogens with zero attached hydrogens (tertiary/aromatic N) is 4. The molecule has 0 aliphatic carbocycles. The lowest BCUT2D eigenvalue weighted by Gasteiger charge is -2.29. The number of unbranched alkanes of at least 4 members (excludes halogenated alkanes) is 1. The van der Waals surface area contributed by atoms with Gasteiger partial charge in [0.05, 0.1) is 12.1 Å². The largest absolute Gasteiger partial charge is 0.480 e. The topological polar surface area (TPSA) is 600 Å². The summed E-state index contributed by atoms with van der Waals surface area (Å²) in [5, 5.41) is 41.7. The van der Waals surface area contributed by atoms with Gasteiger partial charge in [0.1, 0.15) is 48.3 Å². The zero-order valence-corrected chi connectivity index (χ0v) is 49.9. The van der Waals surface area contributed by atoms with Crippen LogP contribution in [-0.2, 0) is 43.2 Å². The second-order valence-corrected chi connectivity index (χ2v) is 21.6. The number of carbonyl (C=O) groups is 9. The Morgan fingerprint density at radius 3 is 0.952 bits per heavy atom. The third kappa shape index (κ3) is 33.3. The quantitative estimate of drug-likeness (QED) is 0.0153. The van der Waals surface area contributed by atoms with Crippen molar-refractivity contribution in [1.29, 1.82) is 0 Å². The van der Waals surface area contributed by atoms with Gasteiger partial charge in [-0.3, -0.25) is 58.3 Å². The molecule has 0 radical (unpaired) electrons. The monoisotopic (exact) mass is 1200 g/mol. The predicted molar refractivity (Wildman–Crippen MR) is 319 cm³/mol. The molecule has 0 bridgehead atoms. The lowest BCUT2D eigenvalue weighted by molar-refractivity contribution is -0.142. The highest BCUT2D eigenvalue weighted by atomic mass is 16.4. The number of amides is 8. The number of carboxylic acid groups (broad SMARTS) is 1. The number of hydrogen-bond acceptors (Lipinski definition) is 16. The highest BCUT2D eigenvalue weighted by Gasteiger charge is 2.36. The van der Waals surface area contributed by atoms with E-state index in [1.54, 1.807) is 41.5 Å². The standard InChI is InChI=1S/C51H100N22O11/c1-26(2)24-35(43(79)70-34(47(83)84)18-13-23-65-51(60)61)72-44(80)36(25-27(3)4)71-41(77)32(16-11-21-63-49(56)57)69-46(82)38(29(7)74)73-42(78)33(17-12-22-64-50(58)59)67-39(75)30(14-8-9-19-52)66-40(76)31(15-10-20-62-48(54)55)68-45(81)37(53)28(5)6/h26-38,74H,8-25,52-53H2,1-7H3,(H,66,76)(H,67,75)(H,68,81)(H,69,82)(H,70,79)(H,71,77)(H,72,80)(H,73,78)(H,83,84)(H4,54,55,62)(H4,56,57,63)(H4,58,59,64)(H4,60,61,65)/t29?,30-,31-,32-,33-,34-,35-,36-,37-,38-/m0/s1. The first kappa shape index (κ1) is 76.2. The van der Waals surface area contributed by atoms with Crippen molar-refractivity contribution in [2.75, 3.05) is 32.7 Å². The number of nitrogens with one attached hydrogen (secondary N) is 8. The van der Waals surface area contributed by atoms with E-state index in [4.69, 9.17) is 57.3 Å². The minimum absolute atomic E-state index is 0.00919. The molecule has 8 amide bonds. The van der Waals surface area contributed by atoms with Crippen LogP contribution in [0.4, 0.5) is 0 Å². The fourth-order valence-electron chi connectivity index (χ4n) is 8.10. The van der Waals surface area contributed by atoms with Crippen LogP contribution in [0, 0.1) is 17.8 Å². The van der Waals surface area contributed by atoms with E-state index in [2.05, 4.69) is 62.5 Å². The maximum absolute atomic E-state index is 14.3. The van der Waals surface area contributed by atoms with Crippen molar-refractivity contribution in [2.24, 2.45) is 95.1 Å². The summed E-state index contributed by atoms with van der Waals surface area (Å²) in [6.07, 6.45) is -0.469. The average Bonchev–Trinajstić information content (AvgIpc) is 3.59. The highest BCUT2D eigenvalue weighted by Crippen LogP contribution is 2.13. The first-order valence-electron chi connectivity index (χ1n) is 28.3. The number of carbonyl (C=O) groups excluding carboxylic acids is 8. The number of hydrogen-bond donors (Lipinski definition) is 20. The van der Waals surface area contributed by atoms with Crippen LogP contribution in [0.2, 0.25) is 0 Å². The molecule has 0 aromatic rings.